The Kier molecular flexibility index (Phi) is 12.2. The van der Waals surface area contributed by atoms with Gasteiger partial charge in [0.25, 0.3) is 5.09 Å². The van der Waals surface area contributed by atoms with Gasteiger partial charge in [-0.1, -0.05) is 30.3 Å². The van der Waals surface area contributed by atoms with Gasteiger partial charge >= 0.3 is 11.9 Å². The fraction of sp³-hybridized carbons (Fsp3) is 0.654. The smallest absolute Gasteiger partial charge is 0.328 e. The van der Waals surface area contributed by atoms with E-state index in [1.54, 1.807) is 42.3 Å². The number of aryl methyl sites for hydroxylation is 1. The summed E-state index contributed by atoms with van der Waals surface area (Å²) in [4.78, 5) is 55.6. The molecule has 1 spiro atoms. The minimum atomic E-state index is -0.853. The second kappa shape index (κ2) is 15.3. The molecule has 3 atom stereocenters. The van der Waals surface area contributed by atoms with E-state index in [2.05, 4.69) is 10.2 Å². The third-order valence-electron chi connectivity index (χ3n) is 6.60. The van der Waals surface area contributed by atoms with Gasteiger partial charge in [0, 0.05) is 24.5 Å². The maximum Gasteiger partial charge on any atom is 0.328 e. The topological polar surface area (TPSA) is 137 Å². The largest absolute Gasteiger partial charge is 0.465 e. The van der Waals surface area contributed by atoms with Gasteiger partial charge in [-0.05, 0) is 45.1 Å². The molecule has 1 N–H and O–H groups in total. The predicted molar refractivity (Wildman–Crippen MR) is 149 cm³/mol. The third-order valence-corrected chi connectivity index (χ3v) is 10.0. The number of hydrogen-bond acceptors (Lipinski definition) is 11. The predicted octanol–water partition coefficient (Wildman–Crippen LogP) is 2.84. The van der Waals surface area contributed by atoms with Crippen molar-refractivity contribution in [2.24, 2.45) is 0 Å². The van der Waals surface area contributed by atoms with E-state index in [9.17, 15) is 24.5 Å². The number of carbonyl (C=O) groups excluding carboxylic acids is 3. The average Bonchev–Trinajstić information content (AvgIpc) is 3.55. The van der Waals surface area contributed by atoms with Crippen LogP contribution >= 0.6 is 23.5 Å². The highest BCUT2D eigenvalue weighted by atomic mass is 32.2. The first-order valence-electron chi connectivity index (χ1n) is 13.2. The zero-order valence-electron chi connectivity index (χ0n) is 22.4. The highest BCUT2D eigenvalue weighted by Crippen LogP contribution is 2.52. The van der Waals surface area contributed by atoms with E-state index in [4.69, 9.17) is 9.47 Å². The average molecular weight is 584 g/mol. The number of ether oxygens (including phenoxy) is 2. The third kappa shape index (κ3) is 9.28. The quantitative estimate of drug-likeness (QED) is 0.141. The SMILES string of the molecule is CCOC(=O)C(CCc1ccccc1)NC(C)C(=O)N1CC2(CC1C(=O)OCCCCO[N+](=O)[O-])SCCS2. The van der Waals surface area contributed by atoms with Gasteiger partial charge in [0.05, 0.1) is 29.9 Å². The van der Waals surface area contributed by atoms with Crippen LogP contribution in [0.4, 0.5) is 0 Å². The minimum absolute atomic E-state index is 0.0654. The first-order chi connectivity index (χ1) is 18.7. The summed E-state index contributed by atoms with van der Waals surface area (Å²) in [6, 6.07) is 7.65. The number of likely N-dealkylation sites (tertiary alicyclic amines) is 1. The van der Waals surface area contributed by atoms with Crippen molar-refractivity contribution in [2.45, 2.75) is 68.2 Å². The number of nitrogens with zero attached hydrogens (tertiary/aromatic N) is 2. The molecule has 0 radical (unpaired) electrons. The molecule has 1 amide bonds. The molecule has 1 aromatic carbocycles. The highest BCUT2D eigenvalue weighted by molar-refractivity contribution is 8.21. The van der Waals surface area contributed by atoms with Crippen LogP contribution in [0.15, 0.2) is 30.3 Å². The monoisotopic (exact) mass is 583 g/mol. The number of benzene rings is 1. The summed E-state index contributed by atoms with van der Waals surface area (Å²) >= 11 is 3.52. The summed E-state index contributed by atoms with van der Waals surface area (Å²) in [7, 11) is 0. The van der Waals surface area contributed by atoms with Crippen LogP contribution in [0.1, 0.15) is 45.1 Å². The summed E-state index contributed by atoms with van der Waals surface area (Å²) in [5.74, 6) is 0.730. The van der Waals surface area contributed by atoms with Crippen LogP contribution in [-0.2, 0) is 35.1 Å². The molecule has 3 unspecified atom stereocenters. The van der Waals surface area contributed by atoms with Gasteiger partial charge in [0.2, 0.25) is 5.91 Å². The lowest BCUT2D eigenvalue weighted by Crippen LogP contribution is -2.53. The molecule has 0 aromatic heterocycles. The Morgan fingerprint density at radius 1 is 1.15 bits per heavy atom. The number of hydrogen-bond donors (Lipinski definition) is 1. The van der Waals surface area contributed by atoms with E-state index < -0.39 is 35.2 Å². The molecule has 2 aliphatic rings. The number of unbranched alkanes of at least 4 members (excludes halogenated alkanes) is 1. The molecular weight excluding hydrogens is 546 g/mol. The van der Waals surface area contributed by atoms with Gasteiger partial charge in [-0.2, -0.15) is 0 Å². The van der Waals surface area contributed by atoms with Crippen LogP contribution in [0.2, 0.25) is 0 Å². The van der Waals surface area contributed by atoms with Crippen LogP contribution in [0.25, 0.3) is 0 Å². The molecule has 2 aliphatic heterocycles. The summed E-state index contributed by atoms with van der Waals surface area (Å²) in [6.07, 6.45) is 2.37. The molecule has 13 heteroatoms. The Bertz CT molecular complexity index is 977. The van der Waals surface area contributed by atoms with E-state index in [-0.39, 0.29) is 29.8 Å². The van der Waals surface area contributed by atoms with Gasteiger partial charge in [-0.15, -0.1) is 33.6 Å². The number of nitrogens with one attached hydrogen (secondary N) is 1. The van der Waals surface area contributed by atoms with Crippen molar-refractivity contribution in [1.82, 2.24) is 10.2 Å². The zero-order chi connectivity index (χ0) is 28.3. The Morgan fingerprint density at radius 3 is 2.51 bits per heavy atom. The lowest BCUT2D eigenvalue weighted by molar-refractivity contribution is -0.757. The van der Waals surface area contributed by atoms with Crippen molar-refractivity contribution < 1.29 is 33.8 Å². The fourth-order valence-electron chi connectivity index (χ4n) is 4.69. The summed E-state index contributed by atoms with van der Waals surface area (Å²) < 4.78 is 10.5. The number of esters is 2. The fourth-order valence-corrected chi connectivity index (χ4v) is 7.95. The number of thioether (sulfide) groups is 2. The Morgan fingerprint density at radius 2 is 1.85 bits per heavy atom. The first-order valence-corrected chi connectivity index (χ1v) is 15.2. The maximum absolute atomic E-state index is 13.7. The normalized spacial score (nSPS) is 19.4. The van der Waals surface area contributed by atoms with Crippen molar-refractivity contribution in [3.63, 3.8) is 0 Å². The van der Waals surface area contributed by atoms with E-state index in [0.717, 1.165) is 17.1 Å². The standard InChI is InChI=1S/C26H37N3O8S2/c1-3-35-24(31)21(12-11-20-9-5-4-6-10-20)27-19(2)23(30)28-18-26(38-15-16-39-26)17-22(28)25(32)36-13-7-8-14-37-29(33)34/h4-6,9-10,19,21-22,27H,3,7-8,11-18H2,1-2H3. The molecule has 2 saturated heterocycles. The van der Waals surface area contributed by atoms with E-state index >= 15 is 0 Å². The van der Waals surface area contributed by atoms with Crippen molar-refractivity contribution in [3.8, 4) is 0 Å². The van der Waals surface area contributed by atoms with Crippen LogP contribution < -0.4 is 5.32 Å². The zero-order valence-corrected chi connectivity index (χ0v) is 24.0. The van der Waals surface area contributed by atoms with E-state index in [1.165, 1.54) is 0 Å². The maximum atomic E-state index is 13.7. The second-order valence-corrected chi connectivity index (χ2v) is 12.7. The lowest BCUT2D eigenvalue weighted by Gasteiger charge is -2.29. The number of carbonyl (C=O) groups is 3. The molecule has 0 bridgehead atoms. The van der Waals surface area contributed by atoms with Crippen LogP contribution in [0.3, 0.4) is 0 Å². The second-order valence-electron chi connectivity index (χ2n) is 9.44. The lowest BCUT2D eigenvalue weighted by atomic mass is 10.0. The summed E-state index contributed by atoms with van der Waals surface area (Å²) in [6.45, 7) is 4.12. The van der Waals surface area contributed by atoms with Gasteiger partial charge in [-0.25, -0.2) is 4.79 Å². The molecular formula is C26H37N3O8S2. The van der Waals surface area contributed by atoms with E-state index in [0.29, 0.717) is 38.6 Å². The van der Waals surface area contributed by atoms with Crippen LogP contribution in [0.5, 0.6) is 0 Å². The Labute approximate surface area is 237 Å². The first kappa shape index (κ1) is 31.0. The van der Waals surface area contributed by atoms with Gasteiger partial charge in [0.15, 0.2) is 0 Å². The van der Waals surface area contributed by atoms with Gasteiger partial charge in [0.1, 0.15) is 12.1 Å². The van der Waals surface area contributed by atoms with Crippen molar-refractivity contribution in [3.05, 3.63) is 46.0 Å². The Balaban J connectivity index is 1.63. The number of amides is 1. The summed E-state index contributed by atoms with van der Waals surface area (Å²) in [5, 5.41) is 12.6. The molecule has 216 valence electrons. The molecule has 3 rings (SSSR count). The van der Waals surface area contributed by atoms with Crippen molar-refractivity contribution >= 4 is 41.4 Å². The molecule has 1 aromatic rings. The van der Waals surface area contributed by atoms with Crippen molar-refractivity contribution in [1.29, 1.82) is 0 Å². The molecule has 39 heavy (non-hydrogen) atoms. The van der Waals surface area contributed by atoms with Gasteiger partial charge in [-0.3, -0.25) is 14.9 Å². The molecule has 0 aliphatic carbocycles. The molecule has 0 saturated carbocycles. The minimum Gasteiger partial charge on any atom is -0.465 e. The highest BCUT2D eigenvalue weighted by Gasteiger charge is 2.52. The summed E-state index contributed by atoms with van der Waals surface area (Å²) in [5.41, 5.74) is 1.08. The van der Waals surface area contributed by atoms with Crippen LogP contribution in [0, 0.1) is 10.1 Å². The van der Waals surface area contributed by atoms with E-state index in [1.807, 2.05) is 30.3 Å². The van der Waals surface area contributed by atoms with Crippen molar-refractivity contribution in [2.75, 3.05) is 37.9 Å². The van der Waals surface area contributed by atoms with Gasteiger partial charge < -0.3 is 19.2 Å². The van der Waals surface area contributed by atoms with Crippen LogP contribution in [-0.4, -0.2) is 87.9 Å². The molecule has 11 nitrogen and oxygen atoms in total. The molecule has 2 heterocycles. The number of rotatable bonds is 15. The molecule has 2 fully saturated rings. The Hall–Kier alpha value is -2.51.